The average Bonchev–Trinajstić information content (AvgIpc) is 2.31. The van der Waals surface area contributed by atoms with Crippen LogP contribution in [-0.2, 0) is 9.47 Å². The zero-order valence-corrected chi connectivity index (χ0v) is 12.7. The molecule has 0 aromatic rings. The van der Waals surface area contributed by atoms with E-state index in [1.165, 1.54) is 0 Å². The number of hydrogen-bond acceptors (Lipinski definition) is 4. The molecule has 0 amide bonds. The van der Waals surface area contributed by atoms with E-state index in [0.717, 1.165) is 25.9 Å². The number of aliphatic hydroxyl groups is 1. The summed E-state index contributed by atoms with van der Waals surface area (Å²) in [5, 5.41) is 12.4. The molecule has 0 aliphatic carbocycles. The Kier molecular flexibility index (Phi) is 8.78. The summed E-state index contributed by atoms with van der Waals surface area (Å²) in [5.41, 5.74) is -0.242. The van der Waals surface area contributed by atoms with E-state index in [1.54, 1.807) is 0 Å². The molecule has 1 unspecified atom stereocenters. The highest BCUT2D eigenvalue weighted by molar-refractivity contribution is 4.79. The summed E-state index contributed by atoms with van der Waals surface area (Å²) < 4.78 is 11.1. The van der Waals surface area contributed by atoms with Crippen molar-refractivity contribution in [2.45, 2.75) is 58.1 Å². The van der Waals surface area contributed by atoms with Gasteiger partial charge < -0.3 is 19.9 Å². The maximum atomic E-state index is 9.22. The molecule has 0 saturated heterocycles. The Morgan fingerprint density at radius 2 is 1.67 bits per heavy atom. The number of hydrogen-bond donors (Lipinski definition) is 2. The number of likely N-dealkylation sites (N-methyl/N-ethyl adjacent to an activating group) is 1. The number of unbranched alkanes of at least 4 members (excludes halogenated alkanes) is 1. The summed E-state index contributed by atoms with van der Waals surface area (Å²) in [6.45, 7) is 10.4. The second-order valence-electron chi connectivity index (χ2n) is 6.00. The van der Waals surface area contributed by atoms with E-state index in [4.69, 9.17) is 9.47 Å². The van der Waals surface area contributed by atoms with Crippen LogP contribution in [0.2, 0.25) is 0 Å². The lowest BCUT2D eigenvalue weighted by molar-refractivity contribution is -0.0353. The maximum Gasteiger partial charge on any atom is 0.0707 e. The monoisotopic (exact) mass is 261 g/mol. The van der Waals surface area contributed by atoms with Crippen molar-refractivity contribution in [3.8, 4) is 0 Å². The Balaban J connectivity index is 3.36. The van der Waals surface area contributed by atoms with Crippen molar-refractivity contribution >= 4 is 0 Å². The van der Waals surface area contributed by atoms with Crippen LogP contribution < -0.4 is 5.32 Å². The highest BCUT2D eigenvalue weighted by Gasteiger charge is 2.19. The molecule has 0 rings (SSSR count). The minimum absolute atomic E-state index is 0.0842. The van der Waals surface area contributed by atoms with E-state index < -0.39 is 0 Å². The largest absolute Gasteiger partial charge is 0.394 e. The highest BCUT2D eigenvalue weighted by atomic mass is 16.5. The number of ether oxygens (including phenoxy) is 2. The maximum absolute atomic E-state index is 9.22. The fraction of sp³-hybridized carbons (Fsp3) is 1.00. The van der Waals surface area contributed by atoms with Crippen molar-refractivity contribution in [1.29, 1.82) is 0 Å². The summed E-state index contributed by atoms with van der Waals surface area (Å²) in [5.74, 6) is 0. The highest BCUT2D eigenvalue weighted by Crippen LogP contribution is 2.12. The van der Waals surface area contributed by atoms with Gasteiger partial charge in [0.2, 0.25) is 0 Å². The molecule has 0 aromatic carbocycles. The lowest BCUT2D eigenvalue weighted by Gasteiger charge is -2.26. The van der Waals surface area contributed by atoms with Gasteiger partial charge in [-0.05, 0) is 54.0 Å². The predicted octanol–water partition coefficient (Wildman–Crippen LogP) is 1.96. The van der Waals surface area contributed by atoms with Gasteiger partial charge in [-0.3, -0.25) is 0 Å². The van der Waals surface area contributed by atoms with Crippen molar-refractivity contribution in [3.05, 3.63) is 0 Å². The summed E-state index contributed by atoms with van der Waals surface area (Å²) in [4.78, 5) is 0. The summed E-state index contributed by atoms with van der Waals surface area (Å²) in [6, 6.07) is 0. The molecule has 4 nitrogen and oxygen atoms in total. The van der Waals surface area contributed by atoms with Crippen molar-refractivity contribution < 1.29 is 14.6 Å². The molecule has 1 atom stereocenters. The standard InChI is InChI=1S/C14H31NO3/c1-13(2,3)18-11-10-17-9-7-6-8-14(4,12-16)15-5/h15-16H,6-12H2,1-5H3. The normalized spacial score (nSPS) is 15.7. The summed E-state index contributed by atoms with van der Waals surface area (Å²) >= 11 is 0. The third-order valence-corrected chi connectivity index (χ3v) is 2.98. The zero-order chi connectivity index (χ0) is 14.1. The van der Waals surface area contributed by atoms with Crippen molar-refractivity contribution in [3.63, 3.8) is 0 Å². The Morgan fingerprint density at radius 1 is 1.00 bits per heavy atom. The molecular weight excluding hydrogens is 230 g/mol. The second-order valence-corrected chi connectivity index (χ2v) is 6.00. The number of rotatable bonds is 10. The quantitative estimate of drug-likeness (QED) is 0.590. The van der Waals surface area contributed by atoms with Crippen molar-refractivity contribution in [2.24, 2.45) is 0 Å². The van der Waals surface area contributed by atoms with Gasteiger partial charge in [0.05, 0.1) is 25.4 Å². The average molecular weight is 261 g/mol. The van der Waals surface area contributed by atoms with Crippen LogP contribution >= 0.6 is 0 Å². The van der Waals surface area contributed by atoms with Crippen LogP contribution in [0.25, 0.3) is 0 Å². The van der Waals surface area contributed by atoms with E-state index in [0.29, 0.717) is 13.2 Å². The van der Waals surface area contributed by atoms with Crippen LogP contribution in [0.1, 0.15) is 47.0 Å². The first-order valence-electron chi connectivity index (χ1n) is 6.84. The van der Waals surface area contributed by atoms with E-state index in [-0.39, 0.29) is 17.7 Å². The fourth-order valence-electron chi connectivity index (χ4n) is 1.51. The summed E-state index contributed by atoms with van der Waals surface area (Å²) in [6.07, 6.45) is 3.03. The Bertz CT molecular complexity index is 198. The van der Waals surface area contributed by atoms with Gasteiger partial charge >= 0.3 is 0 Å². The minimum Gasteiger partial charge on any atom is -0.394 e. The predicted molar refractivity (Wildman–Crippen MR) is 74.9 cm³/mol. The van der Waals surface area contributed by atoms with E-state index in [2.05, 4.69) is 5.32 Å². The topological polar surface area (TPSA) is 50.7 Å². The molecule has 0 spiro atoms. The first-order valence-corrected chi connectivity index (χ1v) is 6.84. The van der Waals surface area contributed by atoms with Gasteiger partial charge in [-0.1, -0.05) is 0 Å². The molecule has 0 aromatic heterocycles. The van der Waals surface area contributed by atoms with Crippen molar-refractivity contribution in [2.75, 3.05) is 33.5 Å². The number of nitrogens with one attached hydrogen (secondary N) is 1. The van der Waals surface area contributed by atoms with Crippen molar-refractivity contribution in [1.82, 2.24) is 5.32 Å². The van der Waals surface area contributed by atoms with Gasteiger partial charge in [0.15, 0.2) is 0 Å². The van der Waals surface area contributed by atoms with Gasteiger partial charge in [0, 0.05) is 12.1 Å². The molecule has 0 heterocycles. The van der Waals surface area contributed by atoms with Gasteiger partial charge in [-0.25, -0.2) is 0 Å². The van der Waals surface area contributed by atoms with E-state index >= 15 is 0 Å². The fourth-order valence-corrected chi connectivity index (χ4v) is 1.51. The molecule has 0 fully saturated rings. The van der Waals surface area contributed by atoms with Gasteiger partial charge in [0.1, 0.15) is 0 Å². The lowest BCUT2D eigenvalue weighted by Crippen LogP contribution is -2.43. The van der Waals surface area contributed by atoms with Crippen LogP contribution in [0.4, 0.5) is 0 Å². The first kappa shape index (κ1) is 17.8. The van der Waals surface area contributed by atoms with Crippen LogP contribution in [0.3, 0.4) is 0 Å². The zero-order valence-electron chi connectivity index (χ0n) is 12.7. The third kappa shape index (κ3) is 9.83. The molecule has 0 saturated carbocycles. The molecule has 0 bridgehead atoms. The minimum atomic E-state index is -0.157. The van der Waals surface area contributed by atoms with Crippen LogP contribution in [-0.4, -0.2) is 49.7 Å². The summed E-state index contributed by atoms with van der Waals surface area (Å²) in [7, 11) is 1.89. The molecular formula is C14H31NO3. The van der Waals surface area contributed by atoms with Gasteiger partial charge in [0.25, 0.3) is 0 Å². The number of aliphatic hydroxyl groups excluding tert-OH is 1. The van der Waals surface area contributed by atoms with Crippen LogP contribution in [0, 0.1) is 0 Å². The lowest BCUT2D eigenvalue weighted by atomic mass is 9.96. The third-order valence-electron chi connectivity index (χ3n) is 2.98. The molecule has 0 aliphatic rings. The molecule has 0 radical (unpaired) electrons. The molecule has 0 aliphatic heterocycles. The van der Waals surface area contributed by atoms with Crippen LogP contribution in [0.5, 0.6) is 0 Å². The first-order chi connectivity index (χ1) is 8.33. The van der Waals surface area contributed by atoms with Gasteiger partial charge in [-0.15, -0.1) is 0 Å². The Morgan fingerprint density at radius 3 is 2.17 bits per heavy atom. The van der Waals surface area contributed by atoms with Crippen LogP contribution in [0.15, 0.2) is 0 Å². The van der Waals surface area contributed by atoms with E-state index in [9.17, 15) is 5.11 Å². The Labute approximate surface area is 112 Å². The SMILES string of the molecule is CNC(C)(CO)CCCCOCCOC(C)(C)C. The Hall–Kier alpha value is -0.160. The smallest absolute Gasteiger partial charge is 0.0707 e. The molecule has 4 heteroatoms. The molecule has 110 valence electrons. The van der Waals surface area contributed by atoms with Gasteiger partial charge in [-0.2, -0.15) is 0 Å². The van der Waals surface area contributed by atoms with E-state index in [1.807, 2.05) is 34.7 Å². The molecule has 2 N–H and O–H groups in total. The second kappa shape index (κ2) is 8.86. The molecule has 18 heavy (non-hydrogen) atoms.